The quantitative estimate of drug-likeness (QED) is 0.184. The average molecular weight is 615 g/mol. The van der Waals surface area contributed by atoms with Crippen molar-refractivity contribution in [3.05, 3.63) is 76.1 Å². The number of aromatic nitrogens is 1. The van der Waals surface area contributed by atoms with E-state index in [0.29, 0.717) is 47.6 Å². The van der Waals surface area contributed by atoms with Gasteiger partial charge in [-0.1, -0.05) is 30.5 Å². The van der Waals surface area contributed by atoms with Crippen LogP contribution in [0.2, 0.25) is 0 Å². The molecule has 2 aromatic rings. The maximum absolute atomic E-state index is 13.4. The molecule has 0 spiro atoms. The first-order valence-electron chi connectivity index (χ1n) is 14.6. The van der Waals surface area contributed by atoms with Crippen LogP contribution in [0.4, 0.5) is 24.7 Å². The molecule has 1 aromatic heterocycles. The Labute approximate surface area is 256 Å². The minimum absolute atomic E-state index is 0.0204. The number of pyridine rings is 1. The molecule has 3 heterocycles. The first-order valence-corrected chi connectivity index (χ1v) is 15.8. The number of allylic oxidation sites excluding steroid dienone is 1. The largest absolute Gasteiger partial charge is 0.416 e. The van der Waals surface area contributed by atoms with Crippen LogP contribution in [-0.4, -0.2) is 64.5 Å². The highest BCUT2D eigenvalue weighted by Gasteiger charge is 2.35. The van der Waals surface area contributed by atoms with Crippen LogP contribution in [0, 0.1) is 6.92 Å². The predicted molar refractivity (Wildman–Crippen MR) is 170 cm³/mol. The van der Waals surface area contributed by atoms with Gasteiger partial charge in [0.1, 0.15) is 11.7 Å². The van der Waals surface area contributed by atoms with E-state index >= 15 is 0 Å². The fourth-order valence-corrected chi connectivity index (χ4v) is 5.96. The molecule has 2 aliphatic heterocycles. The molecule has 0 radical (unpaired) electrons. The predicted octanol–water partition coefficient (Wildman–Crippen LogP) is 7.36. The topological polar surface area (TPSA) is 72.9 Å². The average Bonchev–Trinajstić information content (AvgIpc) is 3.35. The Morgan fingerprint density at radius 1 is 1.21 bits per heavy atom. The number of nitrogens with one attached hydrogen (secondary N) is 2. The van der Waals surface area contributed by atoms with Crippen molar-refractivity contribution in [2.24, 2.45) is 4.99 Å². The number of alkyl halides is 3. The Morgan fingerprint density at radius 2 is 1.98 bits per heavy atom. The first-order chi connectivity index (χ1) is 20.4. The molecule has 4 rings (SSSR count). The second kappa shape index (κ2) is 14.0. The molecular formula is C32H41F3N6OS. The van der Waals surface area contributed by atoms with E-state index in [1.54, 1.807) is 25.3 Å². The van der Waals surface area contributed by atoms with Crippen molar-refractivity contribution in [3.63, 3.8) is 0 Å². The number of aliphatic imine (C=N–C) groups is 1. The molecule has 7 nitrogen and oxygen atoms in total. The maximum atomic E-state index is 13.4. The zero-order chi connectivity index (χ0) is 31.3. The number of rotatable bonds is 8. The van der Waals surface area contributed by atoms with Crippen LogP contribution in [0.15, 0.2) is 64.4 Å². The highest BCUT2D eigenvalue weighted by atomic mass is 32.2. The van der Waals surface area contributed by atoms with Gasteiger partial charge in [0.25, 0.3) is 5.91 Å². The summed E-state index contributed by atoms with van der Waals surface area (Å²) in [5, 5.41) is 3.47. The standard InChI is InChI=1S/C32H41F3N6OS/c1-7-20(2)14-25-18-40(19-29(25)38-23(5)37-28-9-8-26(15-21(28)3)32(33,34)35)27-11-13-41(22(4)16-27)31(42)24-10-12-36-30(17-24)39-43-6/h8-10,12,14-15,17,22,27H,7,11,13,16,18-19H2,1-6H3,(H,36,39)(H,37,38)/b20-14-/t22-,27+/m1/s1. The molecule has 0 unspecified atom stereocenters. The molecule has 1 aromatic carbocycles. The number of amidine groups is 1. The maximum Gasteiger partial charge on any atom is 0.416 e. The van der Waals surface area contributed by atoms with Crippen molar-refractivity contribution in [1.82, 2.24) is 20.1 Å². The van der Waals surface area contributed by atoms with Crippen LogP contribution in [0.3, 0.4) is 0 Å². The number of benzene rings is 1. The molecule has 0 saturated carbocycles. The second-order valence-electron chi connectivity index (χ2n) is 11.3. The summed E-state index contributed by atoms with van der Waals surface area (Å²) >= 11 is 1.44. The van der Waals surface area contributed by atoms with Gasteiger partial charge in [-0.3, -0.25) is 9.69 Å². The lowest BCUT2D eigenvalue weighted by molar-refractivity contribution is -0.137. The van der Waals surface area contributed by atoms with Crippen molar-refractivity contribution >= 4 is 35.2 Å². The van der Waals surface area contributed by atoms with Gasteiger partial charge in [0, 0.05) is 55.4 Å². The zero-order valence-electron chi connectivity index (χ0n) is 25.7. The highest BCUT2D eigenvalue weighted by molar-refractivity contribution is 7.99. The number of carbonyl (C=O) groups is 1. The van der Waals surface area contributed by atoms with E-state index < -0.39 is 11.7 Å². The summed E-state index contributed by atoms with van der Waals surface area (Å²) in [4.78, 5) is 26.7. The van der Waals surface area contributed by atoms with Gasteiger partial charge in [0.15, 0.2) is 0 Å². The summed E-state index contributed by atoms with van der Waals surface area (Å²) in [5.41, 5.74) is 4.44. The van der Waals surface area contributed by atoms with E-state index in [-0.39, 0.29) is 11.9 Å². The number of hydrogen-bond donors (Lipinski definition) is 2. The SMILES string of the molecule is CC/C(C)=C\C1=C(NC(C)=Nc2ccc(C(F)(F)F)cc2C)CN([C@H]2CCN(C(=O)c3ccnc(NSC)c3)[C@H](C)C2)C1. The van der Waals surface area contributed by atoms with Gasteiger partial charge < -0.3 is 14.9 Å². The number of likely N-dealkylation sites (tertiary alicyclic amines) is 1. The van der Waals surface area contributed by atoms with Crippen LogP contribution < -0.4 is 10.0 Å². The molecule has 0 bridgehead atoms. The number of halogens is 3. The van der Waals surface area contributed by atoms with E-state index in [4.69, 9.17) is 0 Å². The van der Waals surface area contributed by atoms with Crippen molar-refractivity contribution in [2.45, 2.75) is 72.1 Å². The first kappa shape index (κ1) is 32.6. The lowest BCUT2D eigenvalue weighted by Gasteiger charge is -2.41. The molecule has 232 valence electrons. The van der Waals surface area contributed by atoms with E-state index in [1.165, 1.54) is 29.2 Å². The summed E-state index contributed by atoms with van der Waals surface area (Å²) in [6, 6.07) is 7.57. The number of nitrogens with zero attached hydrogens (tertiary/aromatic N) is 4. The lowest BCUT2D eigenvalue weighted by Crippen LogP contribution is -2.50. The summed E-state index contributed by atoms with van der Waals surface area (Å²) in [5.74, 6) is 1.31. The van der Waals surface area contributed by atoms with Crippen LogP contribution in [0.1, 0.15) is 68.4 Å². The van der Waals surface area contributed by atoms with Crippen LogP contribution >= 0.6 is 11.9 Å². The monoisotopic (exact) mass is 614 g/mol. The third-order valence-corrected chi connectivity index (χ3v) is 8.50. The van der Waals surface area contributed by atoms with Crippen LogP contribution in [-0.2, 0) is 6.18 Å². The minimum atomic E-state index is -4.38. The number of aryl methyl sites for hydroxylation is 1. The van der Waals surface area contributed by atoms with Gasteiger partial charge in [-0.25, -0.2) is 9.98 Å². The molecule has 43 heavy (non-hydrogen) atoms. The third kappa shape index (κ3) is 8.20. The van der Waals surface area contributed by atoms with E-state index in [9.17, 15) is 18.0 Å². The van der Waals surface area contributed by atoms with E-state index in [0.717, 1.165) is 43.6 Å². The normalized spacial score (nSPS) is 20.5. The molecule has 2 atom stereocenters. The number of hydrogen-bond acceptors (Lipinski definition) is 6. The Bertz CT molecular complexity index is 1420. The highest BCUT2D eigenvalue weighted by Crippen LogP contribution is 2.33. The minimum Gasteiger partial charge on any atom is -0.346 e. The van der Waals surface area contributed by atoms with Gasteiger partial charge in [-0.15, -0.1) is 0 Å². The Hall–Kier alpha value is -3.31. The molecule has 2 N–H and O–H groups in total. The van der Waals surface area contributed by atoms with E-state index in [1.807, 2.05) is 18.1 Å². The molecule has 2 aliphatic rings. The smallest absolute Gasteiger partial charge is 0.346 e. The summed E-state index contributed by atoms with van der Waals surface area (Å²) in [6.45, 7) is 12.0. The van der Waals surface area contributed by atoms with E-state index in [2.05, 4.69) is 51.8 Å². The summed E-state index contributed by atoms with van der Waals surface area (Å²) < 4.78 is 42.4. The third-order valence-electron chi connectivity index (χ3n) is 8.08. The Morgan fingerprint density at radius 3 is 2.63 bits per heavy atom. The Kier molecular flexibility index (Phi) is 10.6. The number of carbonyl (C=O) groups excluding carboxylic acids is 1. The number of piperidine rings is 1. The Balaban J connectivity index is 1.45. The van der Waals surface area contributed by atoms with Crippen molar-refractivity contribution in [1.29, 1.82) is 0 Å². The molecule has 1 amide bonds. The van der Waals surface area contributed by atoms with Crippen LogP contribution in [0.5, 0.6) is 0 Å². The lowest BCUT2D eigenvalue weighted by atomic mass is 9.96. The fourth-order valence-electron chi connectivity index (χ4n) is 5.64. The van der Waals surface area contributed by atoms with Gasteiger partial charge >= 0.3 is 6.18 Å². The van der Waals surface area contributed by atoms with Crippen molar-refractivity contribution in [2.75, 3.05) is 30.6 Å². The van der Waals surface area contributed by atoms with Crippen molar-refractivity contribution < 1.29 is 18.0 Å². The van der Waals surface area contributed by atoms with Crippen LogP contribution in [0.25, 0.3) is 0 Å². The van der Waals surface area contributed by atoms with Gasteiger partial charge in [-0.05, 0) is 88.4 Å². The molecule has 11 heteroatoms. The van der Waals surface area contributed by atoms with Gasteiger partial charge in [0.05, 0.1) is 11.3 Å². The molecular weight excluding hydrogens is 573 g/mol. The zero-order valence-corrected chi connectivity index (χ0v) is 26.5. The molecule has 1 fully saturated rings. The number of amides is 1. The van der Waals surface area contributed by atoms with Gasteiger partial charge in [-0.2, -0.15) is 13.2 Å². The fraction of sp³-hybridized carbons (Fsp3) is 0.469. The summed E-state index contributed by atoms with van der Waals surface area (Å²) in [7, 11) is 0. The van der Waals surface area contributed by atoms with Crippen molar-refractivity contribution in [3.8, 4) is 0 Å². The van der Waals surface area contributed by atoms with Gasteiger partial charge in [0.2, 0.25) is 0 Å². The second-order valence-corrected chi connectivity index (χ2v) is 11.9. The summed E-state index contributed by atoms with van der Waals surface area (Å²) in [6.07, 6.45) is 4.08. The molecule has 0 aliphatic carbocycles. The molecule has 1 saturated heterocycles. The number of anilines is 1.